The molecule has 2 rings (SSSR count). The predicted octanol–water partition coefficient (Wildman–Crippen LogP) is 2.58. The van der Waals surface area contributed by atoms with E-state index in [0.717, 1.165) is 25.3 Å². The molecule has 0 bridgehead atoms. The molecule has 118 valence electrons. The Bertz CT molecular complexity index is 452. The summed E-state index contributed by atoms with van der Waals surface area (Å²) in [6.07, 6.45) is 1.19. The zero-order valence-corrected chi connectivity index (χ0v) is 13.6. The number of rotatable bonds is 5. The van der Waals surface area contributed by atoms with Crippen molar-refractivity contribution in [3.8, 4) is 5.75 Å². The first-order valence-electron chi connectivity index (χ1n) is 7.83. The van der Waals surface area contributed by atoms with Crippen LogP contribution in [0.25, 0.3) is 0 Å². The van der Waals surface area contributed by atoms with Crippen LogP contribution in [0.1, 0.15) is 38.8 Å². The number of nitrogens with zero attached hydrogens (tertiary/aromatic N) is 1. The van der Waals surface area contributed by atoms with Gasteiger partial charge in [-0.05, 0) is 38.0 Å². The molecule has 0 spiro atoms. The van der Waals surface area contributed by atoms with Gasteiger partial charge in [-0.1, -0.05) is 19.1 Å². The van der Waals surface area contributed by atoms with Crippen LogP contribution in [-0.2, 0) is 4.74 Å². The number of hydrogen-bond donors (Lipinski definition) is 1. The minimum absolute atomic E-state index is 0.102. The van der Waals surface area contributed by atoms with Gasteiger partial charge in [-0.25, -0.2) is 0 Å². The fourth-order valence-electron chi connectivity index (χ4n) is 3.05. The molecular weight excluding hydrogens is 264 g/mol. The number of morpholine rings is 1. The Morgan fingerprint density at radius 2 is 2.19 bits per heavy atom. The molecule has 4 unspecified atom stereocenters. The van der Waals surface area contributed by atoms with Crippen LogP contribution in [0.3, 0.4) is 0 Å². The standard InChI is InChI=1S/C17H28N2O2/c1-5-16(18)17(14-7-6-8-15(9-14)20-4)19-10-13(3)21-11-12(19)2/h6-9,12-13,16-17H,5,10-11,18H2,1-4H3. The molecule has 1 fully saturated rings. The number of methoxy groups -OCH3 is 1. The van der Waals surface area contributed by atoms with E-state index in [0.29, 0.717) is 6.04 Å². The van der Waals surface area contributed by atoms with Gasteiger partial charge in [0.15, 0.2) is 0 Å². The third-order valence-electron chi connectivity index (χ3n) is 4.33. The van der Waals surface area contributed by atoms with Crippen molar-refractivity contribution in [2.24, 2.45) is 5.73 Å². The van der Waals surface area contributed by atoms with Crippen molar-refractivity contribution in [2.75, 3.05) is 20.3 Å². The second-order valence-corrected chi connectivity index (χ2v) is 5.98. The summed E-state index contributed by atoms with van der Waals surface area (Å²) in [7, 11) is 1.70. The van der Waals surface area contributed by atoms with E-state index in [9.17, 15) is 0 Å². The summed E-state index contributed by atoms with van der Waals surface area (Å²) in [6.45, 7) is 8.15. The number of ether oxygens (including phenoxy) is 2. The van der Waals surface area contributed by atoms with E-state index in [4.69, 9.17) is 15.2 Å². The zero-order valence-electron chi connectivity index (χ0n) is 13.6. The Morgan fingerprint density at radius 1 is 1.43 bits per heavy atom. The molecule has 4 atom stereocenters. The minimum Gasteiger partial charge on any atom is -0.497 e. The van der Waals surface area contributed by atoms with Gasteiger partial charge in [0.05, 0.1) is 25.9 Å². The average molecular weight is 292 g/mol. The van der Waals surface area contributed by atoms with Crippen molar-refractivity contribution in [2.45, 2.75) is 51.4 Å². The van der Waals surface area contributed by atoms with E-state index >= 15 is 0 Å². The van der Waals surface area contributed by atoms with Crippen molar-refractivity contribution in [1.29, 1.82) is 0 Å². The van der Waals surface area contributed by atoms with Gasteiger partial charge < -0.3 is 15.2 Å². The first-order chi connectivity index (χ1) is 10.1. The van der Waals surface area contributed by atoms with E-state index in [1.165, 1.54) is 5.56 Å². The first kappa shape index (κ1) is 16.3. The van der Waals surface area contributed by atoms with E-state index in [1.54, 1.807) is 7.11 Å². The molecule has 0 saturated carbocycles. The summed E-state index contributed by atoms with van der Waals surface area (Å²) in [5.74, 6) is 0.884. The summed E-state index contributed by atoms with van der Waals surface area (Å²) < 4.78 is 11.1. The van der Waals surface area contributed by atoms with Crippen LogP contribution >= 0.6 is 0 Å². The smallest absolute Gasteiger partial charge is 0.119 e. The molecule has 1 saturated heterocycles. The SMILES string of the molecule is CCC(N)C(c1cccc(OC)c1)N1CC(C)OCC1C. The molecule has 21 heavy (non-hydrogen) atoms. The van der Waals surface area contributed by atoms with Crippen molar-refractivity contribution in [3.63, 3.8) is 0 Å². The molecule has 2 N–H and O–H groups in total. The lowest BCUT2D eigenvalue weighted by Gasteiger charge is -2.44. The lowest BCUT2D eigenvalue weighted by atomic mass is 9.94. The largest absolute Gasteiger partial charge is 0.497 e. The van der Waals surface area contributed by atoms with Crippen LogP contribution in [0, 0.1) is 0 Å². The molecule has 4 heteroatoms. The van der Waals surface area contributed by atoms with Crippen LogP contribution in [0.15, 0.2) is 24.3 Å². The molecule has 0 radical (unpaired) electrons. The molecular formula is C17H28N2O2. The summed E-state index contributed by atoms with van der Waals surface area (Å²) in [5, 5.41) is 0. The highest BCUT2D eigenvalue weighted by Gasteiger charge is 2.33. The molecule has 0 aliphatic carbocycles. The van der Waals surface area contributed by atoms with E-state index in [-0.39, 0.29) is 18.2 Å². The van der Waals surface area contributed by atoms with E-state index in [2.05, 4.69) is 37.8 Å². The summed E-state index contributed by atoms with van der Waals surface area (Å²) >= 11 is 0. The molecule has 4 nitrogen and oxygen atoms in total. The monoisotopic (exact) mass is 292 g/mol. The van der Waals surface area contributed by atoms with Crippen molar-refractivity contribution in [3.05, 3.63) is 29.8 Å². The minimum atomic E-state index is 0.102. The van der Waals surface area contributed by atoms with Crippen LogP contribution in [0.5, 0.6) is 5.75 Å². The highest BCUT2D eigenvalue weighted by atomic mass is 16.5. The van der Waals surface area contributed by atoms with Gasteiger partial charge in [0.2, 0.25) is 0 Å². The maximum absolute atomic E-state index is 6.46. The van der Waals surface area contributed by atoms with Gasteiger partial charge in [0.1, 0.15) is 5.75 Å². The fourth-order valence-corrected chi connectivity index (χ4v) is 3.05. The molecule has 0 amide bonds. The quantitative estimate of drug-likeness (QED) is 0.906. The highest BCUT2D eigenvalue weighted by Crippen LogP contribution is 2.31. The normalized spacial score (nSPS) is 26.3. The highest BCUT2D eigenvalue weighted by molar-refractivity contribution is 5.31. The Morgan fingerprint density at radius 3 is 2.86 bits per heavy atom. The second-order valence-electron chi connectivity index (χ2n) is 5.98. The third-order valence-corrected chi connectivity index (χ3v) is 4.33. The summed E-state index contributed by atoms with van der Waals surface area (Å²) in [4.78, 5) is 2.48. The van der Waals surface area contributed by atoms with Crippen LogP contribution < -0.4 is 10.5 Å². The Labute approximate surface area is 128 Å². The zero-order chi connectivity index (χ0) is 15.4. The van der Waals surface area contributed by atoms with Gasteiger partial charge >= 0.3 is 0 Å². The lowest BCUT2D eigenvalue weighted by molar-refractivity contribution is -0.0707. The molecule has 1 heterocycles. The van der Waals surface area contributed by atoms with Gasteiger partial charge in [0, 0.05) is 18.6 Å². The molecule has 1 aliphatic rings. The Balaban J connectivity index is 2.32. The van der Waals surface area contributed by atoms with Crippen molar-refractivity contribution < 1.29 is 9.47 Å². The number of nitrogens with two attached hydrogens (primary N) is 1. The lowest BCUT2D eigenvalue weighted by Crippen LogP contribution is -2.53. The third kappa shape index (κ3) is 3.76. The topological polar surface area (TPSA) is 47.7 Å². The number of benzene rings is 1. The van der Waals surface area contributed by atoms with Gasteiger partial charge in [-0.2, -0.15) is 0 Å². The maximum atomic E-state index is 6.46. The number of hydrogen-bond acceptors (Lipinski definition) is 4. The first-order valence-corrected chi connectivity index (χ1v) is 7.83. The Hall–Kier alpha value is -1.10. The summed E-state index contributed by atoms with van der Waals surface area (Å²) in [6, 6.07) is 8.94. The summed E-state index contributed by atoms with van der Waals surface area (Å²) in [5.41, 5.74) is 7.68. The second kappa shape index (κ2) is 7.25. The van der Waals surface area contributed by atoms with Crippen LogP contribution in [0.4, 0.5) is 0 Å². The molecule has 1 aromatic rings. The van der Waals surface area contributed by atoms with Crippen LogP contribution in [-0.4, -0.2) is 43.3 Å². The molecule has 0 aromatic heterocycles. The van der Waals surface area contributed by atoms with Crippen molar-refractivity contribution >= 4 is 0 Å². The van der Waals surface area contributed by atoms with Gasteiger partial charge in [0.25, 0.3) is 0 Å². The van der Waals surface area contributed by atoms with E-state index in [1.807, 2.05) is 12.1 Å². The van der Waals surface area contributed by atoms with Crippen molar-refractivity contribution in [1.82, 2.24) is 4.90 Å². The van der Waals surface area contributed by atoms with Gasteiger partial charge in [-0.3, -0.25) is 4.90 Å². The van der Waals surface area contributed by atoms with E-state index < -0.39 is 0 Å². The molecule has 1 aliphatic heterocycles. The van der Waals surface area contributed by atoms with Gasteiger partial charge in [-0.15, -0.1) is 0 Å². The van der Waals surface area contributed by atoms with Crippen LogP contribution in [0.2, 0.25) is 0 Å². The Kier molecular flexibility index (Phi) is 5.62. The predicted molar refractivity (Wildman–Crippen MR) is 85.6 cm³/mol. The fraction of sp³-hybridized carbons (Fsp3) is 0.647. The maximum Gasteiger partial charge on any atom is 0.119 e. The average Bonchev–Trinajstić information content (AvgIpc) is 2.51. The molecule has 1 aromatic carbocycles.